The Morgan fingerprint density at radius 2 is 1.97 bits per heavy atom. The average Bonchev–Trinajstić information content (AvgIpc) is 3.21. The summed E-state index contributed by atoms with van der Waals surface area (Å²) in [5, 5.41) is 4.82. The third kappa shape index (κ3) is 3.94. The van der Waals surface area contributed by atoms with E-state index < -0.39 is 0 Å². The third-order valence-electron chi connectivity index (χ3n) is 6.19. The van der Waals surface area contributed by atoms with Crippen LogP contribution in [-0.4, -0.2) is 40.4 Å². The molecule has 2 aliphatic heterocycles. The number of piperidine rings is 1. The van der Waals surface area contributed by atoms with Crippen molar-refractivity contribution in [3.63, 3.8) is 0 Å². The Balaban J connectivity index is 1.22. The molecule has 5 nitrogen and oxygen atoms in total. The molecule has 0 spiro atoms. The topological polar surface area (TPSA) is 54.5 Å². The first-order valence-electron chi connectivity index (χ1n) is 10.4. The number of carbonyl (C=O) groups is 1. The number of fused-ring (bicyclic) bond motifs is 3. The number of thiophene rings is 1. The second kappa shape index (κ2) is 8.57. The number of rotatable bonds is 5. The molecule has 30 heavy (non-hydrogen) atoms. The Kier molecular flexibility index (Phi) is 5.67. The molecule has 1 aromatic carbocycles. The van der Waals surface area contributed by atoms with Crippen LogP contribution in [0.5, 0.6) is 5.06 Å². The van der Waals surface area contributed by atoms with Gasteiger partial charge in [-0.1, -0.05) is 41.7 Å². The van der Waals surface area contributed by atoms with Crippen LogP contribution < -0.4 is 10.1 Å². The molecule has 2 unspecified atom stereocenters. The predicted octanol–water partition coefficient (Wildman–Crippen LogP) is 5.30. The molecule has 156 valence electrons. The molecule has 2 saturated heterocycles. The summed E-state index contributed by atoms with van der Waals surface area (Å²) in [5.41, 5.74) is 1.36. The van der Waals surface area contributed by atoms with Gasteiger partial charge < -0.3 is 10.1 Å². The van der Waals surface area contributed by atoms with E-state index in [1.807, 2.05) is 18.4 Å². The molecule has 2 fully saturated rings. The first-order valence-corrected chi connectivity index (χ1v) is 12.4. The number of amides is 1. The summed E-state index contributed by atoms with van der Waals surface area (Å²) in [5.74, 6) is 0. The van der Waals surface area contributed by atoms with Crippen LogP contribution in [0.2, 0.25) is 0 Å². The van der Waals surface area contributed by atoms with Crippen molar-refractivity contribution >= 4 is 39.4 Å². The molecule has 0 radical (unpaired) electrons. The number of hydrogen-bond acceptors (Lipinski definition) is 6. The lowest BCUT2D eigenvalue weighted by Gasteiger charge is -2.39. The van der Waals surface area contributed by atoms with Crippen molar-refractivity contribution in [2.45, 2.75) is 55.2 Å². The highest BCUT2D eigenvalue weighted by atomic mass is 32.2. The van der Waals surface area contributed by atoms with Crippen molar-refractivity contribution in [2.24, 2.45) is 0 Å². The molecule has 1 amide bonds. The number of pyridine rings is 1. The summed E-state index contributed by atoms with van der Waals surface area (Å²) in [6.07, 6.45) is 7.82. The van der Waals surface area contributed by atoms with Crippen LogP contribution in [0.25, 0.3) is 10.2 Å². The lowest BCUT2D eigenvalue weighted by Crippen LogP contribution is -2.50. The van der Waals surface area contributed by atoms with Gasteiger partial charge in [0.2, 0.25) is 5.06 Å². The number of aromatic nitrogens is 1. The summed E-state index contributed by atoms with van der Waals surface area (Å²) in [6.45, 7) is 0.999. The van der Waals surface area contributed by atoms with Crippen molar-refractivity contribution in [1.82, 2.24) is 15.2 Å². The maximum Gasteiger partial charge on any atom is 0.413 e. The normalized spacial score (nSPS) is 23.6. The summed E-state index contributed by atoms with van der Waals surface area (Å²) < 4.78 is 5.73. The van der Waals surface area contributed by atoms with Crippen LogP contribution in [0.1, 0.15) is 31.2 Å². The standard InChI is InChI=1S/C23H25N3O2S2/c1-29-20-19-8-5-11-24-21(19)30-22(20)28-23(27)25-16-12-17-9-10-18(13-16)26(17)14-15-6-3-2-4-7-15/h2-8,11,16-18H,9-10,12-14H2,1H3,(H,25,27). The van der Waals surface area contributed by atoms with Gasteiger partial charge in [-0.2, -0.15) is 0 Å². The molecular formula is C23H25N3O2S2. The molecule has 0 saturated carbocycles. The van der Waals surface area contributed by atoms with Gasteiger partial charge in [-0.3, -0.25) is 4.90 Å². The van der Waals surface area contributed by atoms with Crippen molar-refractivity contribution in [1.29, 1.82) is 0 Å². The van der Waals surface area contributed by atoms with E-state index in [0.717, 1.165) is 34.5 Å². The van der Waals surface area contributed by atoms with Crippen LogP contribution in [0.15, 0.2) is 53.6 Å². The molecule has 1 N–H and O–H groups in total. The van der Waals surface area contributed by atoms with Gasteiger partial charge in [0.05, 0.1) is 4.90 Å². The van der Waals surface area contributed by atoms with E-state index in [0.29, 0.717) is 17.1 Å². The van der Waals surface area contributed by atoms with Gasteiger partial charge in [0, 0.05) is 36.3 Å². The summed E-state index contributed by atoms with van der Waals surface area (Å²) >= 11 is 3.02. The number of thioether (sulfide) groups is 1. The fourth-order valence-corrected chi connectivity index (χ4v) is 6.80. The second-order valence-corrected chi connectivity index (χ2v) is 9.80. The van der Waals surface area contributed by atoms with E-state index in [-0.39, 0.29) is 12.1 Å². The summed E-state index contributed by atoms with van der Waals surface area (Å²) in [6, 6.07) is 15.8. The maximum atomic E-state index is 12.7. The van der Waals surface area contributed by atoms with Gasteiger partial charge in [0.1, 0.15) is 4.83 Å². The quantitative estimate of drug-likeness (QED) is 0.547. The minimum atomic E-state index is -0.349. The molecule has 5 rings (SSSR count). The van der Waals surface area contributed by atoms with Crippen LogP contribution >= 0.6 is 23.1 Å². The molecule has 2 aromatic heterocycles. The minimum absolute atomic E-state index is 0.173. The zero-order valence-electron chi connectivity index (χ0n) is 16.9. The smallest absolute Gasteiger partial charge is 0.398 e. The van der Waals surface area contributed by atoms with E-state index in [9.17, 15) is 4.79 Å². The molecule has 2 bridgehead atoms. The monoisotopic (exact) mass is 439 g/mol. The summed E-state index contributed by atoms with van der Waals surface area (Å²) in [4.78, 5) is 21.6. The van der Waals surface area contributed by atoms with E-state index in [4.69, 9.17) is 4.74 Å². The zero-order valence-corrected chi connectivity index (χ0v) is 18.5. The number of nitrogens with zero attached hydrogens (tertiary/aromatic N) is 2. The highest BCUT2D eigenvalue weighted by Crippen LogP contribution is 2.42. The lowest BCUT2D eigenvalue weighted by molar-refractivity contribution is 0.107. The fraction of sp³-hybridized carbons (Fsp3) is 0.391. The maximum absolute atomic E-state index is 12.7. The van der Waals surface area contributed by atoms with Crippen molar-refractivity contribution < 1.29 is 9.53 Å². The number of hydrogen-bond donors (Lipinski definition) is 1. The number of carbonyl (C=O) groups excluding carboxylic acids is 1. The third-order valence-corrected chi connectivity index (χ3v) is 8.13. The first-order chi connectivity index (χ1) is 14.7. The fourth-order valence-electron chi connectivity index (χ4n) is 4.87. The molecular weight excluding hydrogens is 414 g/mol. The minimum Gasteiger partial charge on any atom is -0.398 e. The molecule has 2 atom stereocenters. The van der Waals surface area contributed by atoms with Crippen LogP contribution in [0.4, 0.5) is 4.79 Å². The van der Waals surface area contributed by atoms with Crippen molar-refractivity contribution in [3.05, 3.63) is 54.2 Å². The Hall–Kier alpha value is -2.09. The van der Waals surface area contributed by atoms with Crippen LogP contribution in [0, 0.1) is 0 Å². The lowest BCUT2D eigenvalue weighted by atomic mass is 9.96. The van der Waals surface area contributed by atoms with Crippen molar-refractivity contribution in [3.8, 4) is 5.06 Å². The van der Waals surface area contributed by atoms with Gasteiger partial charge in [-0.15, -0.1) is 11.8 Å². The molecule has 2 aliphatic rings. The van der Waals surface area contributed by atoms with E-state index in [1.165, 1.54) is 29.7 Å². The molecule has 0 aliphatic carbocycles. The largest absolute Gasteiger partial charge is 0.413 e. The van der Waals surface area contributed by atoms with E-state index >= 15 is 0 Å². The highest BCUT2D eigenvalue weighted by molar-refractivity contribution is 7.99. The van der Waals surface area contributed by atoms with Crippen LogP contribution in [0.3, 0.4) is 0 Å². The first kappa shape index (κ1) is 19.8. The highest BCUT2D eigenvalue weighted by Gasteiger charge is 2.41. The Morgan fingerprint density at radius 1 is 1.20 bits per heavy atom. The number of nitrogens with one attached hydrogen (secondary N) is 1. The van der Waals surface area contributed by atoms with E-state index in [2.05, 4.69) is 45.5 Å². The SMILES string of the molecule is CSc1c(OC(=O)NC2CC3CCC(C2)N3Cc2ccccc2)sc2ncccc12. The second-order valence-electron chi connectivity index (χ2n) is 8.02. The van der Waals surface area contributed by atoms with E-state index in [1.54, 1.807) is 18.0 Å². The van der Waals surface area contributed by atoms with Crippen LogP contribution in [-0.2, 0) is 6.54 Å². The van der Waals surface area contributed by atoms with Gasteiger partial charge in [0.25, 0.3) is 0 Å². The average molecular weight is 440 g/mol. The van der Waals surface area contributed by atoms with Gasteiger partial charge in [-0.05, 0) is 49.6 Å². The Bertz CT molecular complexity index is 1030. The van der Waals surface area contributed by atoms with Gasteiger partial charge in [0.15, 0.2) is 0 Å². The zero-order chi connectivity index (χ0) is 20.5. The molecule has 4 heterocycles. The van der Waals surface area contributed by atoms with Gasteiger partial charge >= 0.3 is 6.09 Å². The number of ether oxygens (including phenoxy) is 1. The molecule has 7 heteroatoms. The number of benzene rings is 1. The molecule has 3 aromatic rings. The van der Waals surface area contributed by atoms with Crippen molar-refractivity contribution in [2.75, 3.05) is 6.26 Å². The predicted molar refractivity (Wildman–Crippen MR) is 122 cm³/mol. The Morgan fingerprint density at radius 3 is 2.70 bits per heavy atom. The Labute approximate surface area is 184 Å². The summed E-state index contributed by atoms with van der Waals surface area (Å²) in [7, 11) is 0. The van der Waals surface area contributed by atoms with Gasteiger partial charge in [-0.25, -0.2) is 9.78 Å².